The van der Waals surface area contributed by atoms with Gasteiger partial charge >= 0.3 is 0 Å². The highest BCUT2D eigenvalue weighted by atomic mass is 35.5. The molecule has 1 atom stereocenters. The highest BCUT2D eigenvalue weighted by Crippen LogP contribution is 2.33. The Morgan fingerprint density at radius 3 is 2.24 bits per heavy atom. The van der Waals surface area contributed by atoms with Gasteiger partial charge in [-0.3, -0.25) is 4.79 Å². The summed E-state index contributed by atoms with van der Waals surface area (Å²) in [4.78, 5) is 17.9. The molecule has 0 saturated heterocycles. The number of amides is 1. The number of halogens is 2. The Hall–Kier alpha value is -2.73. The molecule has 0 bridgehead atoms. The quantitative estimate of drug-likeness (QED) is 0.378. The van der Waals surface area contributed by atoms with E-state index in [9.17, 15) is 4.79 Å². The zero-order valence-corrected chi connectivity index (χ0v) is 21.0. The first-order valence-electron chi connectivity index (χ1n) is 11.0. The highest BCUT2D eigenvalue weighted by Gasteiger charge is 2.26. The number of amidine groups is 1. The summed E-state index contributed by atoms with van der Waals surface area (Å²) < 4.78 is 0. The second-order valence-electron chi connectivity index (χ2n) is 7.88. The maximum absolute atomic E-state index is 13.2. The monoisotopic (exact) mass is 509 g/mol. The van der Waals surface area contributed by atoms with E-state index in [4.69, 9.17) is 28.2 Å². The predicted octanol–water partition coefficient (Wildman–Crippen LogP) is 6.58. The van der Waals surface area contributed by atoms with E-state index in [2.05, 4.69) is 34.9 Å². The van der Waals surface area contributed by atoms with Gasteiger partial charge in [-0.25, -0.2) is 4.99 Å². The Bertz CT molecular complexity index is 1160. The molecule has 4 rings (SSSR count). The summed E-state index contributed by atoms with van der Waals surface area (Å²) in [6, 6.07) is 25.6. The maximum Gasteiger partial charge on any atom is 0.251 e. The van der Waals surface area contributed by atoms with Crippen LogP contribution < -0.4 is 10.6 Å². The summed E-state index contributed by atoms with van der Waals surface area (Å²) in [5, 5.41) is 7.85. The van der Waals surface area contributed by atoms with Crippen LogP contribution in [0.5, 0.6) is 0 Å². The molecular formula is C27H25Cl2N3OS. The fraction of sp³-hybridized carbons (Fsp3) is 0.185. The average Bonchev–Trinajstić information content (AvgIpc) is 2.88. The van der Waals surface area contributed by atoms with Gasteiger partial charge in [0.15, 0.2) is 5.17 Å². The summed E-state index contributed by atoms with van der Waals surface area (Å²) in [6.45, 7) is 0.526. The number of rotatable bonds is 7. The third-order valence-electron chi connectivity index (χ3n) is 5.73. The van der Waals surface area contributed by atoms with Gasteiger partial charge in [0.25, 0.3) is 5.91 Å². The van der Waals surface area contributed by atoms with Crippen molar-refractivity contribution in [3.05, 3.63) is 117 Å². The van der Waals surface area contributed by atoms with Gasteiger partial charge in [0, 0.05) is 18.7 Å². The summed E-state index contributed by atoms with van der Waals surface area (Å²) in [5.74, 6) is 0.0282. The molecule has 0 aliphatic carbocycles. The fourth-order valence-corrected chi connectivity index (χ4v) is 4.70. The van der Waals surface area contributed by atoms with Gasteiger partial charge in [0.05, 0.1) is 15.6 Å². The van der Waals surface area contributed by atoms with Crippen molar-refractivity contribution in [3.8, 4) is 0 Å². The van der Waals surface area contributed by atoms with Crippen LogP contribution in [0.25, 0.3) is 0 Å². The van der Waals surface area contributed by atoms with Crippen LogP contribution >= 0.6 is 35.0 Å². The maximum atomic E-state index is 13.2. The molecule has 1 aliphatic rings. The lowest BCUT2D eigenvalue weighted by molar-refractivity contribution is -0.117. The molecule has 1 amide bonds. The lowest BCUT2D eigenvalue weighted by Crippen LogP contribution is -2.33. The first kappa shape index (κ1) is 24.4. The summed E-state index contributed by atoms with van der Waals surface area (Å²) in [5.41, 5.74) is 3.80. The Labute approximate surface area is 214 Å². The van der Waals surface area contributed by atoms with Gasteiger partial charge in [-0.15, -0.1) is 0 Å². The summed E-state index contributed by atoms with van der Waals surface area (Å²) >= 11 is 13.8. The van der Waals surface area contributed by atoms with Gasteiger partial charge in [-0.2, -0.15) is 0 Å². The first-order valence-corrected chi connectivity index (χ1v) is 13.0. The van der Waals surface area contributed by atoms with Crippen LogP contribution in [-0.2, 0) is 4.79 Å². The molecule has 0 spiro atoms. The van der Waals surface area contributed by atoms with Gasteiger partial charge in [0.2, 0.25) is 0 Å². The van der Waals surface area contributed by atoms with E-state index in [0.717, 1.165) is 17.2 Å². The lowest BCUT2D eigenvalue weighted by Gasteiger charge is -2.23. The predicted molar refractivity (Wildman–Crippen MR) is 144 cm³/mol. The zero-order valence-electron chi connectivity index (χ0n) is 18.7. The Morgan fingerprint density at radius 1 is 1.00 bits per heavy atom. The van der Waals surface area contributed by atoms with Crippen LogP contribution in [0.3, 0.4) is 0 Å². The van der Waals surface area contributed by atoms with E-state index in [-0.39, 0.29) is 11.8 Å². The molecule has 0 aromatic heterocycles. The molecule has 3 aromatic carbocycles. The van der Waals surface area contributed by atoms with Crippen LogP contribution in [0.2, 0.25) is 10.0 Å². The van der Waals surface area contributed by atoms with Crippen molar-refractivity contribution in [3.63, 3.8) is 0 Å². The van der Waals surface area contributed by atoms with Crippen LogP contribution in [0.4, 0.5) is 0 Å². The second-order valence-corrected chi connectivity index (χ2v) is 9.49. The number of carbonyl (C=O) groups is 1. The van der Waals surface area contributed by atoms with E-state index in [0.29, 0.717) is 22.2 Å². The normalized spacial score (nSPS) is 15.4. The van der Waals surface area contributed by atoms with E-state index in [1.807, 2.05) is 48.7 Å². The number of thioether (sulfide) groups is 1. The summed E-state index contributed by atoms with van der Waals surface area (Å²) in [6.07, 6.45) is 4.44. The largest absolute Gasteiger partial charge is 0.352 e. The molecule has 0 radical (unpaired) electrons. The minimum Gasteiger partial charge on any atom is -0.352 e. The molecule has 3 aromatic rings. The van der Waals surface area contributed by atoms with Crippen molar-refractivity contribution in [2.45, 2.75) is 18.4 Å². The van der Waals surface area contributed by atoms with E-state index < -0.39 is 6.04 Å². The molecule has 34 heavy (non-hydrogen) atoms. The number of aliphatic imine (C=N–C) groups is 1. The smallest absolute Gasteiger partial charge is 0.251 e. The Kier molecular flexibility index (Phi) is 8.33. The molecule has 1 heterocycles. The Balaban J connectivity index is 1.49. The summed E-state index contributed by atoms with van der Waals surface area (Å²) in [7, 11) is 0. The molecule has 0 fully saturated rings. The standard InChI is InChI=1S/C27H25Cl2N3OS/c1-34-27-31-17-22(25(32-27)20-12-13-23(28)24(29)16-20)26(33)30-15-14-21(18-8-4-2-5-9-18)19-10-6-3-7-11-19/h2-13,16-17,21,25H,14-15H2,1H3,(H,30,33)(H,31,32). The number of hydrogen-bond acceptors (Lipinski definition) is 4. The topological polar surface area (TPSA) is 53.5 Å². The third kappa shape index (κ3) is 5.84. The van der Waals surface area contributed by atoms with Gasteiger partial charge in [-0.1, -0.05) is 102 Å². The number of nitrogens with one attached hydrogen (secondary N) is 2. The second kappa shape index (κ2) is 11.6. The molecule has 1 unspecified atom stereocenters. The van der Waals surface area contributed by atoms with Crippen LogP contribution in [-0.4, -0.2) is 23.9 Å². The van der Waals surface area contributed by atoms with E-state index >= 15 is 0 Å². The first-order chi connectivity index (χ1) is 16.6. The minimum absolute atomic E-state index is 0.160. The van der Waals surface area contributed by atoms with Crippen LogP contribution in [0.1, 0.15) is 35.1 Å². The van der Waals surface area contributed by atoms with Crippen molar-refractivity contribution >= 4 is 46.0 Å². The van der Waals surface area contributed by atoms with Crippen molar-refractivity contribution < 1.29 is 4.79 Å². The van der Waals surface area contributed by atoms with Crippen molar-refractivity contribution in [1.82, 2.24) is 10.6 Å². The average molecular weight is 510 g/mol. The van der Waals surface area contributed by atoms with Crippen molar-refractivity contribution in [2.24, 2.45) is 4.99 Å². The molecule has 7 heteroatoms. The molecule has 174 valence electrons. The zero-order chi connectivity index (χ0) is 23.9. The fourth-order valence-electron chi connectivity index (χ4n) is 4.01. The number of hydrogen-bond donors (Lipinski definition) is 2. The SMILES string of the molecule is CSC1=NC(c2ccc(Cl)c(Cl)c2)C(C(=O)NCCC(c2ccccc2)c2ccccc2)=CN1. The number of nitrogens with zero attached hydrogens (tertiary/aromatic N) is 1. The molecule has 4 nitrogen and oxygen atoms in total. The van der Waals surface area contributed by atoms with E-state index in [1.54, 1.807) is 18.3 Å². The Morgan fingerprint density at radius 2 is 1.65 bits per heavy atom. The van der Waals surface area contributed by atoms with Crippen LogP contribution in [0, 0.1) is 0 Å². The van der Waals surface area contributed by atoms with Crippen molar-refractivity contribution in [1.29, 1.82) is 0 Å². The molecule has 2 N–H and O–H groups in total. The molecule has 1 aliphatic heterocycles. The number of carbonyl (C=O) groups excluding carboxylic acids is 1. The van der Waals surface area contributed by atoms with Crippen molar-refractivity contribution in [2.75, 3.05) is 12.8 Å². The number of benzene rings is 3. The highest BCUT2D eigenvalue weighted by molar-refractivity contribution is 8.13. The van der Waals surface area contributed by atoms with E-state index in [1.165, 1.54) is 22.9 Å². The lowest BCUT2D eigenvalue weighted by atomic mass is 9.88. The third-order valence-corrected chi connectivity index (χ3v) is 7.08. The van der Waals surface area contributed by atoms with Gasteiger partial charge < -0.3 is 10.6 Å². The van der Waals surface area contributed by atoms with Gasteiger partial charge in [0.1, 0.15) is 6.04 Å². The molecular weight excluding hydrogens is 485 g/mol. The minimum atomic E-state index is -0.461. The van der Waals surface area contributed by atoms with Gasteiger partial charge in [-0.05, 0) is 41.5 Å². The van der Waals surface area contributed by atoms with Crippen LogP contribution in [0.15, 0.2) is 95.6 Å². The molecule has 0 saturated carbocycles.